The quantitative estimate of drug-likeness (QED) is 0.633. The number of carboxylic acid groups (broad SMARTS) is 1. The lowest BCUT2D eigenvalue weighted by Gasteiger charge is -2.28. The van der Waals surface area contributed by atoms with Crippen molar-refractivity contribution in [3.8, 4) is 0 Å². The molecule has 0 spiro atoms. The van der Waals surface area contributed by atoms with Crippen molar-refractivity contribution < 1.29 is 14.7 Å². The Morgan fingerprint density at radius 2 is 2.13 bits per heavy atom. The van der Waals surface area contributed by atoms with Crippen molar-refractivity contribution in [2.24, 2.45) is 5.73 Å². The number of hydrogen-bond donors (Lipinski definition) is 2. The molecule has 0 aromatic rings. The molecular formula is C10H18N2O3. The predicted molar refractivity (Wildman–Crippen MR) is 55.3 cm³/mol. The van der Waals surface area contributed by atoms with Crippen LogP contribution in [0.2, 0.25) is 0 Å². The van der Waals surface area contributed by atoms with Gasteiger partial charge in [0.05, 0.1) is 12.5 Å². The molecule has 3 N–H and O–H groups in total. The number of rotatable bonds is 7. The smallest absolute Gasteiger partial charge is 0.304 e. The summed E-state index contributed by atoms with van der Waals surface area (Å²) < 4.78 is 0. The molecule has 1 amide bonds. The summed E-state index contributed by atoms with van der Waals surface area (Å²) in [5.41, 5.74) is 5.29. The summed E-state index contributed by atoms with van der Waals surface area (Å²) >= 11 is 0. The second-order valence-electron chi connectivity index (χ2n) is 3.94. The highest BCUT2D eigenvalue weighted by molar-refractivity contribution is 5.80. The van der Waals surface area contributed by atoms with E-state index in [9.17, 15) is 9.59 Å². The average molecular weight is 214 g/mol. The van der Waals surface area contributed by atoms with Crippen LogP contribution in [0.1, 0.15) is 32.6 Å². The van der Waals surface area contributed by atoms with Gasteiger partial charge in [-0.25, -0.2) is 0 Å². The summed E-state index contributed by atoms with van der Waals surface area (Å²) in [7, 11) is 0. The molecule has 0 aromatic heterocycles. The van der Waals surface area contributed by atoms with E-state index in [1.807, 2.05) is 11.8 Å². The van der Waals surface area contributed by atoms with E-state index in [-0.39, 0.29) is 18.4 Å². The van der Waals surface area contributed by atoms with E-state index < -0.39 is 5.97 Å². The van der Waals surface area contributed by atoms with Crippen LogP contribution >= 0.6 is 0 Å². The zero-order chi connectivity index (χ0) is 11.4. The van der Waals surface area contributed by atoms with Crippen LogP contribution in [0.3, 0.4) is 0 Å². The van der Waals surface area contributed by atoms with Gasteiger partial charge in [0.25, 0.3) is 0 Å². The first-order valence-electron chi connectivity index (χ1n) is 5.33. The maximum absolute atomic E-state index is 11.2. The van der Waals surface area contributed by atoms with Gasteiger partial charge in [-0.3, -0.25) is 14.5 Å². The molecule has 1 aliphatic rings. The van der Waals surface area contributed by atoms with Crippen molar-refractivity contribution in [1.29, 1.82) is 0 Å². The van der Waals surface area contributed by atoms with E-state index in [4.69, 9.17) is 10.8 Å². The molecule has 1 aliphatic carbocycles. The van der Waals surface area contributed by atoms with Crippen LogP contribution in [0.5, 0.6) is 0 Å². The fourth-order valence-electron chi connectivity index (χ4n) is 1.82. The first-order chi connectivity index (χ1) is 7.06. The van der Waals surface area contributed by atoms with Gasteiger partial charge in [-0.1, -0.05) is 6.92 Å². The normalized spacial score (nSPS) is 17.7. The van der Waals surface area contributed by atoms with Crippen molar-refractivity contribution in [1.82, 2.24) is 4.90 Å². The zero-order valence-electron chi connectivity index (χ0n) is 8.98. The molecule has 1 fully saturated rings. The zero-order valence-corrected chi connectivity index (χ0v) is 8.98. The van der Waals surface area contributed by atoms with Gasteiger partial charge in [0.15, 0.2) is 0 Å². The van der Waals surface area contributed by atoms with Gasteiger partial charge < -0.3 is 10.8 Å². The molecule has 5 nitrogen and oxygen atoms in total. The lowest BCUT2D eigenvalue weighted by molar-refractivity contribution is -0.138. The number of nitrogens with zero attached hydrogens (tertiary/aromatic N) is 1. The monoisotopic (exact) mass is 214 g/mol. The van der Waals surface area contributed by atoms with Gasteiger partial charge in [-0.05, 0) is 19.3 Å². The minimum atomic E-state index is -0.833. The van der Waals surface area contributed by atoms with Crippen LogP contribution in [-0.4, -0.2) is 40.5 Å². The summed E-state index contributed by atoms with van der Waals surface area (Å²) in [6, 6.07) is 0.0543. The number of carbonyl (C=O) groups is 2. The Kier molecular flexibility index (Phi) is 4.08. The molecule has 15 heavy (non-hydrogen) atoms. The van der Waals surface area contributed by atoms with E-state index in [0.717, 1.165) is 12.8 Å². The maximum Gasteiger partial charge on any atom is 0.304 e. The first kappa shape index (κ1) is 12.0. The number of carboxylic acids is 1. The summed E-state index contributed by atoms with van der Waals surface area (Å²) in [4.78, 5) is 23.6. The third-order valence-corrected chi connectivity index (χ3v) is 2.72. The Balaban J connectivity index is 2.54. The number of amides is 1. The van der Waals surface area contributed by atoms with Crippen LogP contribution in [0.4, 0.5) is 0 Å². The SMILES string of the molecule is CCC(C(N)=O)N(CCC(=O)O)C1CC1. The third-order valence-electron chi connectivity index (χ3n) is 2.72. The minimum absolute atomic E-state index is 0.0697. The van der Waals surface area contributed by atoms with Crippen molar-refractivity contribution >= 4 is 11.9 Å². The van der Waals surface area contributed by atoms with Crippen molar-refractivity contribution in [2.75, 3.05) is 6.54 Å². The molecule has 0 bridgehead atoms. The fraction of sp³-hybridized carbons (Fsp3) is 0.800. The maximum atomic E-state index is 11.2. The Morgan fingerprint density at radius 1 is 1.53 bits per heavy atom. The molecule has 5 heteroatoms. The van der Waals surface area contributed by atoms with Gasteiger partial charge in [-0.2, -0.15) is 0 Å². The molecule has 0 heterocycles. The van der Waals surface area contributed by atoms with Gasteiger partial charge in [0, 0.05) is 12.6 Å². The third kappa shape index (κ3) is 3.51. The molecule has 86 valence electrons. The Bertz CT molecular complexity index is 251. The standard InChI is InChI=1S/C10H18N2O3/c1-2-8(10(11)15)12(7-3-4-7)6-5-9(13)14/h7-8H,2-6H2,1H3,(H2,11,15)(H,13,14). The number of hydrogen-bond acceptors (Lipinski definition) is 3. The predicted octanol–water partition coefficient (Wildman–Crippen LogP) is 0.189. The van der Waals surface area contributed by atoms with Crippen LogP contribution in [0.25, 0.3) is 0 Å². The van der Waals surface area contributed by atoms with E-state index >= 15 is 0 Å². The molecule has 0 saturated heterocycles. The summed E-state index contributed by atoms with van der Waals surface area (Å²) in [5.74, 6) is -1.19. The summed E-state index contributed by atoms with van der Waals surface area (Å²) in [6.07, 6.45) is 2.80. The molecule has 1 unspecified atom stereocenters. The fourth-order valence-corrected chi connectivity index (χ4v) is 1.82. The van der Waals surface area contributed by atoms with Crippen LogP contribution in [0.15, 0.2) is 0 Å². The van der Waals surface area contributed by atoms with Gasteiger partial charge in [0.2, 0.25) is 5.91 Å². The van der Waals surface area contributed by atoms with Gasteiger partial charge >= 0.3 is 5.97 Å². The topological polar surface area (TPSA) is 83.6 Å². The Morgan fingerprint density at radius 3 is 2.47 bits per heavy atom. The van der Waals surface area contributed by atoms with E-state index in [0.29, 0.717) is 19.0 Å². The first-order valence-corrected chi connectivity index (χ1v) is 5.33. The highest BCUT2D eigenvalue weighted by atomic mass is 16.4. The van der Waals surface area contributed by atoms with E-state index in [1.54, 1.807) is 0 Å². The lowest BCUT2D eigenvalue weighted by Crippen LogP contribution is -2.46. The number of nitrogens with two attached hydrogens (primary N) is 1. The number of primary amides is 1. The summed E-state index contributed by atoms with van der Waals surface area (Å²) in [5, 5.41) is 8.61. The summed E-state index contributed by atoms with van der Waals surface area (Å²) in [6.45, 7) is 2.31. The van der Waals surface area contributed by atoms with Gasteiger partial charge in [-0.15, -0.1) is 0 Å². The second-order valence-corrected chi connectivity index (χ2v) is 3.94. The highest BCUT2D eigenvalue weighted by Gasteiger charge is 2.35. The molecule has 1 saturated carbocycles. The molecule has 0 aliphatic heterocycles. The van der Waals surface area contributed by atoms with E-state index in [2.05, 4.69) is 0 Å². The Labute approximate surface area is 89.2 Å². The number of carbonyl (C=O) groups excluding carboxylic acids is 1. The molecule has 0 radical (unpaired) electrons. The number of aliphatic carboxylic acids is 1. The van der Waals surface area contributed by atoms with Crippen LogP contribution in [0, 0.1) is 0 Å². The largest absolute Gasteiger partial charge is 0.481 e. The highest BCUT2D eigenvalue weighted by Crippen LogP contribution is 2.29. The van der Waals surface area contributed by atoms with E-state index in [1.165, 1.54) is 0 Å². The van der Waals surface area contributed by atoms with Crippen LogP contribution in [-0.2, 0) is 9.59 Å². The Hall–Kier alpha value is -1.10. The molecule has 1 rings (SSSR count). The average Bonchev–Trinajstić information content (AvgIpc) is 2.94. The van der Waals surface area contributed by atoms with Crippen molar-refractivity contribution in [3.05, 3.63) is 0 Å². The van der Waals surface area contributed by atoms with Gasteiger partial charge in [0.1, 0.15) is 0 Å². The molecule has 0 aromatic carbocycles. The lowest BCUT2D eigenvalue weighted by atomic mass is 10.1. The minimum Gasteiger partial charge on any atom is -0.481 e. The van der Waals surface area contributed by atoms with Crippen molar-refractivity contribution in [3.63, 3.8) is 0 Å². The molecule has 1 atom stereocenters. The molecular weight excluding hydrogens is 196 g/mol. The van der Waals surface area contributed by atoms with Crippen molar-refractivity contribution in [2.45, 2.75) is 44.7 Å². The second kappa shape index (κ2) is 5.11. The van der Waals surface area contributed by atoms with Crippen LogP contribution < -0.4 is 5.73 Å².